The van der Waals surface area contributed by atoms with Gasteiger partial charge in [-0.05, 0) is 34.7 Å². The van der Waals surface area contributed by atoms with Gasteiger partial charge in [-0.1, -0.05) is 6.92 Å². The van der Waals surface area contributed by atoms with Crippen LogP contribution in [0.3, 0.4) is 0 Å². The zero-order valence-electron chi connectivity index (χ0n) is 8.69. The summed E-state index contributed by atoms with van der Waals surface area (Å²) in [6, 6.07) is 2.34. The molecule has 1 heterocycles. The van der Waals surface area contributed by atoms with Gasteiger partial charge in [-0.3, -0.25) is 11.3 Å². The van der Waals surface area contributed by atoms with Gasteiger partial charge in [-0.15, -0.1) is 0 Å². The van der Waals surface area contributed by atoms with Gasteiger partial charge in [0.1, 0.15) is 0 Å². The molecule has 0 saturated carbocycles. The molecule has 3 nitrogen and oxygen atoms in total. The van der Waals surface area contributed by atoms with E-state index in [2.05, 4.69) is 29.2 Å². The van der Waals surface area contributed by atoms with Crippen LogP contribution in [0, 0.1) is 5.92 Å². The maximum absolute atomic E-state index is 5.55. The average Bonchev–Trinajstić information content (AvgIpc) is 2.69. The van der Waals surface area contributed by atoms with Crippen LogP contribution in [0.4, 0.5) is 0 Å². The fourth-order valence-corrected chi connectivity index (χ4v) is 2.21. The maximum Gasteiger partial charge on any atom is 0.0494 e. The third kappa shape index (κ3) is 3.06. The average molecular weight is 214 g/mol. The molecule has 2 atom stereocenters. The Kier molecular flexibility index (Phi) is 5.11. The van der Waals surface area contributed by atoms with Gasteiger partial charge in [0.15, 0.2) is 0 Å². The van der Waals surface area contributed by atoms with Gasteiger partial charge in [-0.2, -0.15) is 11.3 Å². The number of hydrogen-bond donors (Lipinski definition) is 2. The lowest BCUT2D eigenvalue weighted by Crippen LogP contribution is -2.32. The van der Waals surface area contributed by atoms with Crippen LogP contribution in [0.2, 0.25) is 0 Å². The van der Waals surface area contributed by atoms with Crippen molar-refractivity contribution in [3.8, 4) is 0 Å². The summed E-state index contributed by atoms with van der Waals surface area (Å²) < 4.78 is 5.06. The maximum atomic E-state index is 5.55. The zero-order valence-corrected chi connectivity index (χ0v) is 9.51. The lowest BCUT2D eigenvalue weighted by atomic mass is 9.94. The fourth-order valence-electron chi connectivity index (χ4n) is 1.51. The molecule has 0 spiro atoms. The minimum Gasteiger partial charge on any atom is -0.385 e. The number of ether oxygens (including phenoxy) is 1. The molecule has 0 aliphatic carbocycles. The van der Waals surface area contributed by atoms with Gasteiger partial charge in [0, 0.05) is 19.8 Å². The van der Waals surface area contributed by atoms with Crippen LogP contribution in [0.15, 0.2) is 16.8 Å². The Labute approximate surface area is 89.2 Å². The van der Waals surface area contributed by atoms with E-state index in [1.54, 1.807) is 18.4 Å². The highest BCUT2D eigenvalue weighted by Crippen LogP contribution is 2.25. The second kappa shape index (κ2) is 6.14. The van der Waals surface area contributed by atoms with E-state index >= 15 is 0 Å². The number of nitrogens with two attached hydrogens (primary N) is 1. The number of thiophene rings is 1. The summed E-state index contributed by atoms with van der Waals surface area (Å²) in [5.74, 6) is 6.03. The molecule has 3 N–H and O–H groups in total. The smallest absolute Gasteiger partial charge is 0.0494 e. The Hall–Kier alpha value is -0.420. The van der Waals surface area contributed by atoms with Crippen molar-refractivity contribution >= 4 is 11.3 Å². The third-order valence-corrected chi connectivity index (χ3v) is 3.13. The summed E-state index contributed by atoms with van der Waals surface area (Å²) in [5, 5.41) is 4.20. The summed E-state index contributed by atoms with van der Waals surface area (Å²) in [7, 11) is 1.72. The van der Waals surface area contributed by atoms with Crippen LogP contribution in [0.5, 0.6) is 0 Å². The van der Waals surface area contributed by atoms with Crippen LogP contribution in [0.1, 0.15) is 24.9 Å². The standard InChI is InChI=1S/C10H18N2OS/c1-8(3-5-13-2)10(12-11)9-4-6-14-7-9/h4,6-8,10,12H,3,5,11H2,1-2H3. The first-order valence-corrected chi connectivity index (χ1v) is 5.71. The molecule has 80 valence electrons. The SMILES string of the molecule is COCCC(C)C(NN)c1ccsc1. The second-order valence-corrected chi connectivity index (χ2v) is 4.24. The molecule has 1 rings (SSSR count). The highest BCUT2D eigenvalue weighted by Gasteiger charge is 2.17. The zero-order chi connectivity index (χ0) is 10.4. The molecule has 0 saturated heterocycles. The predicted octanol–water partition coefficient (Wildman–Crippen LogP) is 1.93. The number of methoxy groups -OCH3 is 1. The minimum absolute atomic E-state index is 0.233. The molecule has 0 aliphatic heterocycles. The van der Waals surface area contributed by atoms with Crippen molar-refractivity contribution in [2.45, 2.75) is 19.4 Å². The topological polar surface area (TPSA) is 47.3 Å². The molecule has 0 aromatic carbocycles. The number of nitrogens with one attached hydrogen (secondary N) is 1. The second-order valence-electron chi connectivity index (χ2n) is 3.46. The van der Waals surface area contributed by atoms with E-state index in [0.717, 1.165) is 13.0 Å². The van der Waals surface area contributed by atoms with E-state index in [1.165, 1.54) is 5.56 Å². The number of hydrogen-bond acceptors (Lipinski definition) is 4. The quantitative estimate of drug-likeness (QED) is 0.562. The molecule has 1 aromatic rings. The first kappa shape index (κ1) is 11.7. The van der Waals surface area contributed by atoms with Crippen molar-refractivity contribution in [3.05, 3.63) is 22.4 Å². The van der Waals surface area contributed by atoms with E-state index in [0.29, 0.717) is 5.92 Å². The van der Waals surface area contributed by atoms with Crippen LogP contribution in [-0.4, -0.2) is 13.7 Å². The van der Waals surface area contributed by atoms with Crippen LogP contribution >= 0.6 is 11.3 Å². The summed E-state index contributed by atoms with van der Waals surface area (Å²) in [4.78, 5) is 0. The molecule has 4 heteroatoms. The Morgan fingerprint density at radius 3 is 2.93 bits per heavy atom. The Bertz CT molecular complexity index is 238. The molecule has 2 unspecified atom stereocenters. The van der Waals surface area contributed by atoms with Gasteiger partial charge in [0.2, 0.25) is 0 Å². The first-order chi connectivity index (χ1) is 6.79. The fraction of sp³-hybridized carbons (Fsp3) is 0.600. The van der Waals surface area contributed by atoms with Crippen LogP contribution < -0.4 is 11.3 Å². The van der Waals surface area contributed by atoms with Crippen LogP contribution in [0.25, 0.3) is 0 Å². The van der Waals surface area contributed by atoms with E-state index in [-0.39, 0.29) is 6.04 Å². The van der Waals surface area contributed by atoms with Crippen molar-refractivity contribution in [2.75, 3.05) is 13.7 Å². The lowest BCUT2D eigenvalue weighted by Gasteiger charge is -2.22. The Morgan fingerprint density at radius 2 is 2.43 bits per heavy atom. The molecule has 0 aliphatic rings. The molecular weight excluding hydrogens is 196 g/mol. The van der Waals surface area contributed by atoms with Crippen molar-refractivity contribution < 1.29 is 4.74 Å². The molecule has 14 heavy (non-hydrogen) atoms. The van der Waals surface area contributed by atoms with E-state index in [1.807, 2.05) is 0 Å². The third-order valence-electron chi connectivity index (χ3n) is 2.43. The molecule has 1 aromatic heterocycles. The predicted molar refractivity (Wildman–Crippen MR) is 60.0 cm³/mol. The van der Waals surface area contributed by atoms with E-state index < -0.39 is 0 Å². The van der Waals surface area contributed by atoms with Gasteiger partial charge in [-0.25, -0.2) is 0 Å². The molecular formula is C10H18N2OS. The van der Waals surface area contributed by atoms with Gasteiger partial charge < -0.3 is 4.74 Å². The molecule has 0 amide bonds. The Balaban J connectivity index is 2.53. The van der Waals surface area contributed by atoms with E-state index in [9.17, 15) is 0 Å². The number of hydrazine groups is 1. The van der Waals surface area contributed by atoms with Crippen molar-refractivity contribution in [3.63, 3.8) is 0 Å². The van der Waals surface area contributed by atoms with Gasteiger partial charge in [0.25, 0.3) is 0 Å². The summed E-state index contributed by atoms with van der Waals surface area (Å²) in [6.45, 7) is 2.96. The first-order valence-electron chi connectivity index (χ1n) is 4.76. The molecule has 0 bridgehead atoms. The van der Waals surface area contributed by atoms with Crippen molar-refractivity contribution in [1.29, 1.82) is 0 Å². The van der Waals surface area contributed by atoms with Gasteiger partial charge in [0.05, 0.1) is 0 Å². The lowest BCUT2D eigenvalue weighted by molar-refractivity contribution is 0.170. The van der Waals surface area contributed by atoms with Crippen LogP contribution in [-0.2, 0) is 4.74 Å². The normalized spacial score (nSPS) is 15.4. The van der Waals surface area contributed by atoms with Gasteiger partial charge >= 0.3 is 0 Å². The minimum atomic E-state index is 0.233. The Morgan fingerprint density at radius 1 is 1.64 bits per heavy atom. The van der Waals surface area contributed by atoms with E-state index in [4.69, 9.17) is 10.6 Å². The van der Waals surface area contributed by atoms with Crippen molar-refractivity contribution in [1.82, 2.24) is 5.43 Å². The highest BCUT2D eigenvalue weighted by molar-refractivity contribution is 7.07. The highest BCUT2D eigenvalue weighted by atomic mass is 32.1. The molecule has 0 fully saturated rings. The molecule has 0 radical (unpaired) electrons. The summed E-state index contributed by atoms with van der Waals surface area (Å²) >= 11 is 1.70. The van der Waals surface area contributed by atoms with Crippen molar-refractivity contribution in [2.24, 2.45) is 11.8 Å². The largest absolute Gasteiger partial charge is 0.385 e. The summed E-state index contributed by atoms with van der Waals surface area (Å²) in [5.41, 5.74) is 4.13. The summed E-state index contributed by atoms with van der Waals surface area (Å²) in [6.07, 6.45) is 1.02. The monoisotopic (exact) mass is 214 g/mol. The number of rotatable bonds is 6.